The number of carbonyl (C=O) groups excluding carboxylic acids is 1. The molecule has 30 heavy (non-hydrogen) atoms. The molecule has 0 saturated carbocycles. The van der Waals surface area contributed by atoms with Gasteiger partial charge in [-0.1, -0.05) is 35.3 Å². The Bertz CT molecular complexity index is 857. The Morgan fingerprint density at radius 3 is 2.63 bits per heavy atom. The lowest BCUT2D eigenvalue weighted by molar-refractivity contribution is -0.114. The summed E-state index contributed by atoms with van der Waals surface area (Å²) in [5.41, 5.74) is 0.595. The predicted octanol–water partition coefficient (Wildman–Crippen LogP) is 4.23. The maximum atomic E-state index is 11.3. The predicted molar refractivity (Wildman–Crippen MR) is 119 cm³/mol. The van der Waals surface area contributed by atoms with Crippen LogP contribution in [-0.2, 0) is 4.79 Å². The lowest BCUT2D eigenvalue weighted by Crippen LogP contribution is -2.43. The summed E-state index contributed by atoms with van der Waals surface area (Å²) < 4.78 is 11.7. The molecule has 2 N–H and O–H groups in total. The summed E-state index contributed by atoms with van der Waals surface area (Å²) in [6.45, 7) is 3.76. The zero-order valence-corrected chi connectivity index (χ0v) is 18.3. The second-order valence-electron chi connectivity index (χ2n) is 7.34. The summed E-state index contributed by atoms with van der Waals surface area (Å²) in [6, 6.07) is 12.5. The van der Waals surface area contributed by atoms with Gasteiger partial charge in [0.25, 0.3) is 0 Å². The fraction of sp³-hybridized carbons (Fsp3) is 0.409. The van der Waals surface area contributed by atoms with E-state index in [1.165, 1.54) is 6.92 Å². The molecule has 6 nitrogen and oxygen atoms in total. The summed E-state index contributed by atoms with van der Waals surface area (Å²) in [5, 5.41) is 14.1. The van der Waals surface area contributed by atoms with Gasteiger partial charge < -0.3 is 24.8 Å². The van der Waals surface area contributed by atoms with Crippen LogP contribution < -0.4 is 14.8 Å². The smallest absolute Gasteiger partial charge is 0.221 e. The van der Waals surface area contributed by atoms with Gasteiger partial charge in [0.05, 0.1) is 15.7 Å². The van der Waals surface area contributed by atoms with Crippen molar-refractivity contribution in [3.63, 3.8) is 0 Å². The molecule has 1 amide bonds. The first-order valence-corrected chi connectivity index (χ1v) is 10.7. The minimum atomic E-state index is -0.636. The zero-order valence-electron chi connectivity index (χ0n) is 16.8. The van der Waals surface area contributed by atoms with Crippen molar-refractivity contribution in [3.8, 4) is 11.5 Å². The quantitative estimate of drug-likeness (QED) is 0.626. The van der Waals surface area contributed by atoms with Crippen LogP contribution in [0.25, 0.3) is 0 Å². The van der Waals surface area contributed by atoms with Crippen LogP contribution in [0.3, 0.4) is 0 Å². The van der Waals surface area contributed by atoms with E-state index in [0.717, 1.165) is 25.9 Å². The number of piperidine rings is 1. The molecule has 8 heteroatoms. The van der Waals surface area contributed by atoms with Crippen molar-refractivity contribution in [2.24, 2.45) is 0 Å². The van der Waals surface area contributed by atoms with Gasteiger partial charge in [0.15, 0.2) is 0 Å². The molecule has 0 bridgehead atoms. The van der Waals surface area contributed by atoms with Crippen LogP contribution in [0, 0.1) is 0 Å². The number of β-amino-alcohol motifs (C(OH)–C–C–N with tert-alkyl or cyclic N) is 1. The minimum absolute atomic E-state index is 0.108. The first-order chi connectivity index (χ1) is 14.4. The maximum absolute atomic E-state index is 11.3. The minimum Gasteiger partial charge on any atom is -0.490 e. The summed E-state index contributed by atoms with van der Waals surface area (Å²) in [4.78, 5) is 13.5. The highest BCUT2D eigenvalue weighted by Gasteiger charge is 2.23. The van der Waals surface area contributed by atoms with Gasteiger partial charge in [0.1, 0.15) is 30.3 Å². The van der Waals surface area contributed by atoms with E-state index in [1.54, 1.807) is 24.3 Å². The van der Waals surface area contributed by atoms with E-state index in [-0.39, 0.29) is 18.6 Å². The van der Waals surface area contributed by atoms with Crippen molar-refractivity contribution in [1.29, 1.82) is 0 Å². The number of aliphatic hydroxyl groups excluding tert-OH is 1. The van der Waals surface area contributed by atoms with Crippen molar-refractivity contribution in [2.75, 3.05) is 31.6 Å². The van der Waals surface area contributed by atoms with Gasteiger partial charge in [-0.25, -0.2) is 0 Å². The second kappa shape index (κ2) is 10.9. The lowest BCUT2D eigenvalue weighted by Gasteiger charge is -2.33. The highest BCUT2D eigenvalue weighted by Crippen LogP contribution is 2.28. The number of halogens is 2. The third-order valence-electron chi connectivity index (χ3n) is 4.83. The zero-order chi connectivity index (χ0) is 21.5. The molecule has 162 valence electrons. The van der Waals surface area contributed by atoms with Crippen LogP contribution >= 0.6 is 23.2 Å². The number of benzene rings is 2. The topological polar surface area (TPSA) is 71.0 Å². The van der Waals surface area contributed by atoms with Crippen molar-refractivity contribution in [3.05, 3.63) is 52.5 Å². The summed E-state index contributed by atoms with van der Waals surface area (Å²) in [7, 11) is 0. The average molecular weight is 453 g/mol. The number of nitrogens with zero attached hydrogens (tertiary/aromatic N) is 1. The van der Waals surface area contributed by atoms with Crippen LogP contribution in [0.4, 0.5) is 5.69 Å². The molecule has 0 aliphatic carbocycles. The third-order valence-corrected chi connectivity index (χ3v) is 5.57. The molecule has 0 spiro atoms. The molecular formula is C22H26Cl2N2O4. The Morgan fingerprint density at radius 1 is 1.20 bits per heavy atom. The van der Waals surface area contributed by atoms with Gasteiger partial charge in [-0.2, -0.15) is 0 Å². The number of anilines is 1. The standard InChI is InChI=1S/C22H26Cl2N2O4/c1-15(27)25-21-4-2-3-5-22(21)29-14-16(28)13-26-10-8-17(9-11-26)30-18-6-7-19(23)20(24)12-18/h2-7,12,16-17,28H,8-11,13-14H2,1H3,(H,25,27). The van der Waals surface area contributed by atoms with Crippen LogP contribution in [0.15, 0.2) is 42.5 Å². The Hall–Kier alpha value is -1.99. The van der Waals surface area contributed by atoms with E-state index in [1.807, 2.05) is 18.2 Å². The van der Waals surface area contributed by atoms with Crippen molar-refractivity contribution < 1.29 is 19.4 Å². The first kappa shape index (κ1) is 22.7. The number of para-hydroxylation sites is 2. The molecule has 1 aliphatic rings. The normalized spacial score (nSPS) is 16.1. The highest BCUT2D eigenvalue weighted by atomic mass is 35.5. The summed E-state index contributed by atoms with van der Waals surface area (Å²) in [6.07, 6.45) is 1.19. The van der Waals surface area contributed by atoms with Gasteiger partial charge in [0.2, 0.25) is 5.91 Å². The molecule has 0 aromatic heterocycles. The molecular weight excluding hydrogens is 427 g/mol. The molecule has 2 aromatic rings. The van der Waals surface area contributed by atoms with E-state index in [0.29, 0.717) is 33.8 Å². The van der Waals surface area contributed by atoms with Crippen molar-refractivity contribution in [2.45, 2.75) is 32.0 Å². The monoisotopic (exact) mass is 452 g/mol. The van der Waals surface area contributed by atoms with E-state index in [9.17, 15) is 9.90 Å². The molecule has 1 unspecified atom stereocenters. The summed E-state index contributed by atoms with van der Waals surface area (Å²) in [5.74, 6) is 1.09. The lowest BCUT2D eigenvalue weighted by atomic mass is 10.1. The fourth-order valence-electron chi connectivity index (χ4n) is 3.37. The number of hydrogen-bond acceptors (Lipinski definition) is 5. The van der Waals surface area contributed by atoms with Gasteiger partial charge >= 0.3 is 0 Å². The summed E-state index contributed by atoms with van der Waals surface area (Å²) >= 11 is 12.0. The molecule has 1 atom stereocenters. The van der Waals surface area contributed by atoms with E-state index in [2.05, 4.69) is 10.2 Å². The number of likely N-dealkylation sites (tertiary alicyclic amines) is 1. The third kappa shape index (κ3) is 6.77. The van der Waals surface area contributed by atoms with Crippen LogP contribution in [0.1, 0.15) is 19.8 Å². The van der Waals surface area contributed by atoms with Gasteiger partial charge in [-0.05, 0) is 37.1 Å². The first-order valence-electron chi connectivity index (χ1n) is 9.92. The number of rotatable bonds is 8. The van der Waals surface area contributed by atoms with E-state index in [4.69, 9.17) is 32.7 Å². The molecule has 1 aliphatic heterocycles. The van der Waals surface area contributed by atoms with Crippen molar-refractivity contribution >= 4 is 34.8 Å². The highest BCUT2D eigenvalue weighted by molar-refractivity contribution is 6.42. The Balaban J connectivity index is 1.41. The number of ether oxygens (including phenoxy) is 2. The second-order valence-corrected chi connectivity index (χ2v) is 8.15. The number of aliphatic hydroxyl groups is 1. The van der Waals surface area contributed by atoms with Crippen LogP contribution in [0.5, 0.6) is 11.5 Å². The van der Waals surface area contributed by atoms with Gasteiger partial charge in [0, 0.05) is 32.6 Å². The molecule has 1 saturated heterocycles. The van der Waals surface area contributed by atoms with Crippen LogP contribution in [0.2, 0.25) is 10.0 Å². The van der Waals surface area contributed by atoms with E-state index >= 15 is 0 Å². The maximum Gasteiger partial charge on any atom is 0.221 e. The fourth-order valence-corrected chi connectivity index (χ4v) is 3.66. The van der Waals surface area contributed by atoms with Crippen molar-refractivity contribution in [1.82, 2.24) is 4.90 Å². The molecule has 0 radical (unpaired) electrons. The SMILES string of the molecule is CC(=O)Nc1ccccc1OCC(O)CN1CCC(Oc2ccc(Cl)c(Cl)c2)CC1. The van der Waals surface area contributed by atoms with E-state index < -0.39 is 6.10 Å². The Morgan fingerprint density at radius 2 is 1.93 bits per heavy atom. The van der Waals surface area contributed by atoms with Gasteiger partial charge in [-0.15, -0.1) is 0 Å². The number of hydrogen-bond donors (Lipinski definition) is 2. The largest absolute Gasteiger partial charge is 0.490 e. The van der Waals surface area contributed by atoms with Gasteiger partial charge in [-0.3, -0.25) is 4.79 Å². The van der Waals surface area contributed by atoms with Crippen LogP contribution in [-0.4, -0.2) is 54.4 Å². The number of nitrogens with one attached hydrogen (secondary N) is 1. The number of carbonyl (C=O) groups is 1. The number of amides is 1. The molecule has 1 heterocycles. The molecule has 3 rings (SSSR count). The molecule has 2 aromatic carbocycles. The Kier molecular flexibility index (Phi) is 8.22. The Labute approximate surface area is 186 Å². The average Bonchev–Trinajstić information content (AvgIpc) is 2.71. The molecule has 1 fully saturated rings.